The fraction of sp³-hybridized carbons (Fsp3) is 0.409. The van der Waals surface area contributed by atoms with E-state index in [9.17, 15) is 13.2 Å². The third-order valence-electron chi connectivity index (χ3n) is 5.83. The number of aromatic nitrogens is 4. The van der Waals surface area contributed by atoms with Crippen LogP contribution in [0.2, 0.25) is 0 Å². The van der Waals surface area contributed by atoms with Crippen molar-refractivity contribution in [3.8, 4) is 17.3 Å². The molecule has 1 aromatic carbocycles. The molecule has 4 rings (SSSR count). The maximum Gasteiger partial charge on any atom is 0.494 e. The topological polar surface area (TPSA) is 83.3 Å². The van der Waals surface area contributed by atoms with Crippen LogP contribution in [-0.4, -0.2) is 50.9 Å². The van der Waals surface area contributed by atoms with Crippen LogP contribution in [0.5, 0.6) is 5.88 Å². The number of hydrogen-bond donors (Lipinski definition) is 1. The average molecular weight is 475 g/mol. The zero-order valence-electron chi connectivity index (χ0n) is 19.5. The molecule has 34 heavy (non-hydrogen) atoms. The molecule has 1 N–H and O–H groups in total. The van der Waals surface area contributed by atoms with Crippen molar-refractivity contribution >= 4 is 24.2 Å². The number of halogens is 3. The van der Waals surface area contributed by atoms with E-state index in [1.165, 1.54) is 12.3 Å². The number of alkyl halides is 3. The van der Waals surface area contributed by atoms with Crippen molar-refractivity contribution in [2.24, 2.45) is 7.05 Å². The van der Waals surface area contributed by atoms with E-state index in [4.69, 9.17) is 9.31 Å². The summed E-state index contributed by atoms with van der Waals surface area (Å²) in [4.78, 5) is 8.35. The first kappa shape index (κ1) is 24.0. The zero-order valence-corrected chi connectivity index (χ0v) is 19.5. The van der Waals surface area contributed by atoms with E-state index in [1.807, 2.05) is 52.0 Å². The van der Waals surface area contributed by atoms with E-state index in [0.29, 0.717) is 17.3 Å². The predicted octanol–water partition coefficient (Wildman–Crippen LogP) is 3.86. The number of anilines is 2. The quantitative estimate of drug-likeness (QED) is 0.543. The summed E-state index contributed by atoms with van der Waals surface area (Å²) in [5.74, 6) is 0.724. The van der Waals surface area contributed by atoms with Crippen molar-refractivity contribution in [3.63, 3.8) is 0 Å². The number of rotatable bonds is 6. The van der Waals surface area contributed by atoms with Crippen molar-refractivity contribution in [2.45, 2.75) is 45.1 Å². The molecular weight excluding hydrogens is 450 g/mol. The van der Waals surface area contributed by atoms with Gasteiger partial charge in [0.1, 0.15) is 0 Å². The van der Waals surface area contributed by atoms with Crippen molar-refractivity contribution in [1.82, 2.24) is 19.7 Å². The number of pyridine rings is 1. The Labute approximate surface area is 195 Å². The summed E-state index contributed by atoms with van der Waals surface area (Å²) in [5, 5.41) is 7.55. The molecule has 0 aliphatic carbocycles. The molecule has 12 heteroatoms. The fourth-order valence-corrected chi connectivity index (χ4v) is 3.20. The number of nitrogens with one attached hydrogen (secondary N) is 1. The molecule has 2 aromatic heterocycles. The van der Waals surface area contributed by atoms with Gasteiger partial charge in [-0.2, -0.15) is 18.2 Å². The Morgan fingerprint density at radius 1 is 1.03 bits per heavy atom. The first-order valence-corrected chi connectivity index (χ1v) is 10.6. The third-order valence-corrected chi connectivity index (χ3v) is 5.83. The smallest absolute Gasteiger partial charge is 0.468 e. The molecule has 180 valence electrons. The Morgan fingerprint density at radius 3 is 2.24 bits per heavy atom. The molecule has 1 aliphatic rings. The molecule has 0 atom stereocenters. The molecule has 0 spiro atoms. The van der Waals surface area contributed by atoms with Crippen LogP contribution in [0.1, 0.15) is 27.7 Å². The second kappa shape index (κ2) is 8.59. The lowest BCUT2D eigenvalue weighted by atomic mass is 9.79. The van der Waals surface area contributed by atoms with Crippen molar-refractivity contribution in [2.75, 3.05) is 11.9 Å². The molecule has 1 saturated heterocycles. The molecule has 8 nitrogen and oxygen atoms in total. The van der Waals surface area contributed by atoms with E-state index in [1.54, 1.807) is 17.8 Å². The lowest BCUT2D eigenvalue weighted by Gasteiger charge is -2.32. The van der Waals surface area contributed by atoms with Crippen molar-refractivity contribution in [1.29, 1.82) is 0 Å². The number of benzene rings is 1. The van der Waals surface area contributed by atoms with Crippen LogP contribution in [0.25, 0.3) is 11.4 Å². The Hall–Kier alpha value is -3.12. The van der Waals surface area contributed by atoms with Crippen LogP contribution in [-0.2, 0) is 16.4 Å². The summed E-state index contributed by atoms with van der Waals surface area (Å²) in [6.45, 7) is 6.63. The molecule has 0 amide bonds. The molecule has 3 aromatic rings. The van der Waals surface area contributed by atoms with Gasteiger partial charge in [0.25, 0.3) is 0 Å². The molecule has 0 bridgehead atoms. The van der Waals surface area contributed by atoms with Gasteiger partial charge in [0.05, 0.1) is 11.2 Å². The van der Waals surface area contributed by atoms with Gasteiger partial charge in [0.15, 0.2) is 12.4 Å². The molecule has 1 aliphatic heterocycles. The minimum absolute atomic E-state index is 0.127. The lowest BCUT2D eigenvalue weighted by Crippen LogP contribution is -2.41. The summed E-state index contributed by atoms with van der Waals surface area (Å²) < 4.78 is 55.2. The molecular formula is C22H25BF3N5O3. The fourth-order valence-electron chi connectivity index (χ4n) is 3.20. The zero-order chi connectivity index (χ0) is 24.7. The first-order valence-electron chi connectivity index (χ1n) is 10.6. The largest absolute Gasteiger partial charge is 0.494 e. The molecule has 3 heterocycles. The van der Waals surface area contributed by atoms with Crippen molar-refractivity contribution < 1.29 is 27.2 Å². The molecule has 0 saturated carbocycles. The maximum atomic E-state index is 12.3. The van der Waals surface area contributed by atoms with Crippen LogP contribution in [0, 0.1) is 0 Å². The minimum Gasteiger partial charge on any atom is -0.468 e. The summed E-state index contributed by atoms with van der Waals surface area (Å²) in [7, 11) is 1.28. The van der Waals surface area contributed by atoms with Crippen LogP contribution in [0.4, 0.5) is 24.8 Å². The van der Waals surface area contributed by atoms with E-state index >= 15 is 0 Å². The van der Waals surface area contributed by atoms with Gasteiger partial charge < -0.3 is 19.4 Å². The van der Waals surface area contributed by atoms with Crippen LogP contribution < -0.4 is 15.5 Å². The van der Waals surface area contributed by atoms with Crippen LogP contribution in [0.15, 0.2) is 42.6 Å². The summed E-state index contributed by atoms with van der Waals surface area (Å²) in [6, 6.07) is 10.5. The van der Waals surface area contributed by atoms with Crippen LogP contribution >= 0.6 is 0 Å². The normalized spacial score (nSPS) is 17.1. The highest BCUT2D eigenvalue weighted by Gasteiger charge is 2.51. The Kier molecular flexibility index (Phi) is 6.07. The number of hydrogen-bond acceptors (Lipinski definition) is 7. The third kappa shape index (κ3) is 5.17. The van der Waals surface area contributed by atoms with E-state index in [2.05, 4.69) is 25.1 Å². The average Bonchev–Trinajstić information content (AvgIpc) is 3.22. The van der Waals surface area contributed by atoms with E-state index in [0.717, 1.165) is 11.2 Å². The number of ether oxygens (including phenoxy) is 1. The van der Waals surface area contributed by atoms with Gasteiger partial charge in [0, 0.05) is 30.6 Å². The van der Waals surface area contributed by atoms with Gasteiger partial charge >= 0.3 is 13.3 Å². The Balaban J connectivity index is 1.42. The molecule has 1 fully saturated rings. The summed E-state index contributed by atoms with van der Waals surface area (Å²) in [5.41, 5.74) is 1.40. The molecule has 0 radical (unpaired) electrons. The highest BCUT2D eigenvalue weighted by atomic mass is 19.4. The van der Waals surface area contributed by atoms with Gasteiger partial charge in [-0.05, 0) is 51.4 Å². The van der Waals surface area contributed by atoms with E-state index < -0.39 is 31.1 Å². The number of aryl methyl sites for hydroxylation is 1. The lowest BCUT2D eigenvalue weighted by molar-refractivity contribution is -0.154. The Bertz CT molecular complexity index is 1130. The van der Waals surface area contributed by atoms with Gasteiger partial charge in [-0.1, -0.05) is 12.1 Å². The van der Waals surface area contributed by atoms with Gasteiger partial charge in [0.2, 0.25) is 11.8 Å². The predicted molar refractivity (Wildman–Crippen MR) is 121 cm³/mol. The highest BCUT2D eigenvalue weighted by molar-refractivity contribution is 6.62. The SMILES string of the molecule is Cn1nc(-c2ccc(OCC(F)(F)F)nc2)nc1Nc1ccc(B2OC(C)(C)C(C)(C)O2)cc1. The molecule has 0 unspecified atom stereocenters. The summed E-state index contributed by atoms with van der Waals surface area (Å²) >= 11 is 0. The monoisotopic (exact) mass is 475 g/mol. The Morgan fingerprint density at radius 2 is 1.68 bits per heavy atom. The second-order valence-corrected chi connectivity index (χ2v) is 9.01. The first-order chi connectivity index (χ1) is 15.8. The van der Waals surface area contributed by atoms with Crippen molar-refractivity contribution in [3.05, 3.63) is 42.6 Å². The minimum atomic E-state index is -4.42. The highest BCUT2D eigenvalue weighted by Crippen LogP contribution is 2.36. The maximum absolute atomic E-state index is 12.3. The second-order valence-electron chi connectivity index (χ2n) is 9.01. The summed E-state index contributed by atoms with van der Waals surface area (Å²) in [6.07, 6.45) is -3.06. The van der Waals surface area contributed by atoms with E-state index in [-0.39, 0.29) is 5.88 Å². The van der Waals surface area contributed by atoms with Gasteiger partial charge in [-0.3, -0.25) is 0 Å². The standard InChI is InChI=1S/C22H25BF3N5O3/c1-20(2)21(3,4)34-23(33-20)15-7-9-16(10-8-15)28-19-29-18(30-31(19)5)14-6-11-17(27-12-14)32-13-22(24,25)26/h6-12H,13H2,1-5H3,(H,28,29,30). The van der Waals surface area contributed by atoms with Gasteiger partial charge in [-0.25, -0.2) is 9.67 Å². The number of nitrogens with zero attached hydrogens (tertiary/aromatic N) is 4. The van der Waals surface area contributed by atoms with Gasteiger partial charge in [-0.15, -0.1) is 5.10 Å². The van der Waals surface area contributed by atoms with Crippen LogP contribution in [0.3, 0.4) is 0 Å².